The molecule has 1 rings (SSSR count). The fourth-order valence-corrected chi connectivity index (χ4v) is 1.74. The lowest BCUT2D eigenvalue weighted by molar-refractivity contribution is -0.154. The van der Waals surface area contributed by atoms with Crippen molar-refractivity contribution in [1.29, 1.82) is 0 Å². The first-order chi connectivity index (χ1) is 11.3. The van der Waals surface area contributed by atoms with Gasteiger partial charge in [0.1, 0.15) is 0 Å². The highest BCUT2D eigenvalue weighted by Gasteiger charge is 2.28. The van der Waals surface area contributed by atoms with Crippen LogP contribution < -0.4 is 15.4 Å². The quantitative estimate of drug-likeness (QED) is 0.343. The molecule has 0 saturated carbocycles. The second kappa shape index (κ2) is 12.2. The predicted octanol–water partition coefficient (Wildman–Crippen LogP) is 3.74. The number of rotatable bonds is 8. The van der Waals surface area contributed by atoms with Gasteiger partial charge in [0.25, 0.3) is 0 Å². The summed E-state index contributed by atoms with van der Waals surface area (Å²) in [7, 11) is 0. The van der Waals surface area contributed by atoms with Gasteiger partial charge in [-0.1, -0.05) is 19.9 Å². The van der Waals surface area contributed by atoms with Gasteiger partial charge in [-0.05, 0) is 24.8 Å². The number of hydrogen-bond donors (Lipinski definition) is 2. The number of halogens is 4. The Labute approximate surface area is 163 Å². The number of guanidine groups is 1. The van der Waals surface area contributed by atoms with Gasteiger partial charge in [0.2, 0.25) is 5.88 Å². The number of ether oxygens (including phenoxy) is 1. The molecule has 0 amide bonds. The topological polar surface area (TPSA) is 58.5 Å². The molecule has 9 heteroatoms. The molecule has 0 spiro atoms. The Morgan fingerprint density at radius 2 is 2.00 bits per heavy atom. The number of alkyl halides is 3. The van der Waals surface area contributed by atoms with E-state index in [1.165, 1.54) is 12.3 Å². The fourth-order valence-electron chi connectivity index (χ4n) is 1.74. The first-order valence-corrected chi connectivity index (χ1v) is 7.97. The van der Waals surface area contributed by atoms with Crippen LogP contribution in [0, 0.1) is 5.92 Å². The van der Waals surface area contributed by atoms with Crippen molar-refractivity contribution in [3.8, 4) is 5.88 Å². The van der Waals surface area contributed by atoms with E-state index in [9.17, 15) is 13.2 Å². The van der Waals surface area contributed by atoms with Crippen LogP contribution in [0.3, 0.4) is 0 Å². The summed E-state index contributed by atoms with van der Waals surface area (Å²) in [5.74, 6) is 1.26. The summed E-state index contributed by atoms with van der Waals surface area (Å²) < 4.78 is 40.8. The first-order valence-electron chi connectivity index (χ1n) is 7.97. The largest absolute Gasteiger partial charge is 0.468 e. The van der Waals surface area contributed by atoms with Crippen molar-refractivity contribution < 1.29 is 17.9 Å². The van der Waals surface area contributed by atoms with Gasteiger partial charge in [-0.25, -0.2) is 9.98 Å². The normalized spacial score (nSPS) is 11.9. The number of aromatic nitrogens is 1. The zero-order chi connectivity index (χ0) is 18.0. The van der Waals surface area contributed by atoms with Crippen LogP contribution in [0.4, 0.5) is 13.2 Å². The van der Waals surface area contributed by atoms with Gasteiger partial charge in [-0.2, -0.15) is 13.2 Å². The highest BCUT2D eigenvalue weighted by molar-refractivity contribution is 14.0. The fraction of sp³-hybridized carbons (Fsp3) is 0.625. The Morgan fingerprint density at radius 1 is 1.28 bits per heavy atom. The van der Waals surface area contributed by atoms with Gasteiger partial charge >= 0.3 is 6.18 Å². The lowest BCUT2D eigenvalue weighted by Gasteiger charge is -2.12. The van der Waals surface area contributed by atoms with E-state index in [2.05, 4.69) is 39.2 Å². The molecular weight excluding hydrogens is 448 g/mol. The molecule has 0 bridgehead atoms. The molecule has 0 unspecified atom stereocenters. The van der Waals surface area contributed by atoms with Crippen LogP contribution in [-0.2, 0) is 6.54 Å². The minimum atomic E-state index is -4.37. The van der Waals surface area contributed by atoms with E-state index in [1.807, 2.05) is 6.92 Å². The number of pyridine rings is 1. The minimum absolute atomic E-state index is 0. The average molecular weight is 474 g/mol. The molecule has 1 heterocycles. The number of aliphatic imine (C=N–C) groups is 1. The van der Waals surface area contributed by atoms with Crippen molar-refractivity contribution in [3.63, 3.8) is 0 Å². The Bertz CT molecular complexity index is 507. The van der Waals surface area contributed by atoms with Gasteiger partial charge in [0, 0.05) is 25.4 Å². The smallest absolute Gasteiger partial charge is 0.422 e. The Morgan fingerprint density at radius 3 is 2.52 bits per heavy atom. The van der Waals surface area contributed by atoms with Crippen molar-refractivity contribution in [1.82, 2.24) is 15.6 Å². The maximum absolute atomic E-state index is 12.1. The molecule has 0 aliphatic heterocycles. The van der Waals surface area contributed by atoms with Crippen LogP contribution in [0.15, 0.2) is 23.3 Å². The summed E-state index contributed by atoms with van der Waals surface area (Å²) in [6.07, 6.45) is -1.86. The third kappa shape index (κ3) is 11.8. The summed E-state index contributed by atoms with van der Waals surface area (Å²) >= 11 is 0. The standard InChI is InChI=1S/C16H25F3N4O.HI/c1-4-20-15(21-8-7-12(2)3)23-10-13-5-6-14(22-9-13)24-11-16(17,18)19;/h5-6,9,12H,4,7-8,10-11H2,1-3H3,(H2,20,21,23);1H. The first kappa shape index (κ1) is 23.7. The molecule has 0 saturated heterocycles. The monoisotopic (exact) mass is 474 g/mol. The van der Waals surface area contributed by atoms with Crippen molar-refractivity contribution in [2.45, 2.75) is 39.9 Å². The van der Waals surface area contributed by atoms with E-state index < -0.39 is 12.8 Å². The summed E-state index contributed by atoms with van der Waals surface area (Å²) in [6.45, 7) is 6.89. The molecular formula is C16H26F3IN4O. The molecule has 5 nitrogen and oxygen atoms in total. The second-order valence-electron chi connectivity index (χ2n) is 5.71. The Kier molecular flexibility index (Phi) is 11.5. The lowest BCUT2D eigenvalue weighted by atomic mass is 10.1. The highest BCUT2D eigenvalue weighted by Crippen LogP contribution is 2.17. The van der Waals surface area contributed by atoms with Crippen LogP contribution in [0.5, 0.6) is 5.88 Å². The molecule has 144 valence electrons. The zero-order valence-electron chi connectivity index (χ0n) is 14.7. The maximum atomic E-state index is 12.1. The molecule has 0 atom stereocenters. The van der Waals surface area contributed by atoms with E-state index in [-0.39, 0.29) is 29.9 Å². The van der Waals surface area contributed by atoms with Crippen LogP contribution in [-0.4, -0.2) is 36.8 Å². The predicted molar refractivity (Wildman–Crippen MR) is 103 cm³/mol. The lowest BCUT2D eigenvalue weighted by Crippen LogP contribution is -2.38. The second-order valence-corrected chi connectivity index (χ2v) is 5.71. The van der Waals surface area contributed by atoms with E-state index >= 15 is 0 Å². The van der Waals surface area contributed by atoms with Gasteiger partial charge in [0.05, 0.1) is 6.54 Å². The summed E-state index contributed by atoms with van der Waals surface area (Å²) in [6, 6.07) is 3.07. The number of nitrogens with one attached hydrogen (secondary N) is 2. The van der Waals surface area contributed by atoms with Crippen LogP contribution in [0.25, 0.3) is 0 Å². The van der Waals surface area contributed by atoms with Crippen molar-refractivity contribution >= 4 is 29.9 Å². The van der Waals surface area contributed by atoms with E-state index in [4.69, 9.17) is 0 Å². The van der Waals surface area contributed by atoms with E-state index in [1.54, 1.807) is 6.07 Å². The van der Waals surface area contributed by atoms with Crippen molar-refractivity contribution in [3.05, 3.63) is 23.9 Å². The zero-order valence-corrected chi connectivity index (χ0v) is 17.0. The Balaban J connectivity index is 0.00000576. The maximum Gasteiger partial charge on any atom is 0.422 e. The van der Waals surface area contributed by atoms with Gasteiger partial charge in [-0.15, -0.1) is 24.0 Å². The third-order valence-electron chi connectivity index (χ3n) is 2.96. The van der Waals surface area contributed by atoms with Gasteiger partial charge in [0.15, 0.2) is 12.6 Å². The average Bonchev–Trinajstić information content (AvgIpc) is 2.50. The summed E-state index contributed by atoms with van der Waals surface area (Å²) in [5.41, 5.74) is 0.787. The van der Waals surface area contributed by atoms with Crippen LogP contribution in [0.1, 0.15) is 32.8 Å². The van der Waals surface area contributed by atoms with Gasteiger partial charge in [-0.3, -0.25) is 0 Å². The molecule has 2 N–H and O–H groups in total. The molecule has 25 heavy (non-hydrogen) atoms. The van der Waals surface area contributed by atoms with Crippen LogP contribution in [0.2, 0.25) is 0 Å². The molecule has 0 radical (unpaired) electrons. The van der Waals surface area contributed by atoms with E-state index in [0.29, 0.717) is 18.4 Å². The molecule has 0 fully saturated rings. The molecule has 1 aromatic rings. The van der Waals surface area contributed by atoms with Crippen molar-refractivity contribution in [2.75, 3.05) is 19.7 Å². The minimum Gasteiger partial charge on any atom is -0.468 e. The molecule has 0 aliphatic rings. The molecule has 0 aromatic carbocycles. The third-order valence-corrected chi connectivity index (χ3v) is 2.96. The van der Waals surface area contributed by atoms with Crippen LogP contribution >= 0.6 is 24.0 Å². The summed E-state index contributed by atoms with van der Waals surface area (Å²) in [5, 5.41) is 6.38. The molecule has 1 aromatic heterocycles. The van der Waals surface area contributed by atoms with Gasteiger partial charge < -0.3 is 15.4 Å². The summed E-state index contributed by atoms with van der Waals surface area (Å²) in [4.78, 5) is 8.29. The SMILES string of the molecule is CCNC(=NCc1ccc(OCC(F)(F)F)nc1)NCCC(C)C.I. The molecule has 0 aliphatic carbocycles. The number of nitrogens with zero attached hydrogens (tertiary/aromatic N) is 2. The van der Waals surface area contributed by atoms with E-state index in [0.717, 1.165) is 25.1 Å². The van der Waals surface area contributed by atoms with Crippen molar-refractivity contribution in [2.24, 2.45) is 10.9 Å². The highest BCUT2D eigenvalue weighted by atomic mass is 127. The Hall–Kier alpha value is -1.26. The number of hydrogen-bond acceptors (Lipinski definition) is 3.